The lowest BCUT2D eigenvalue weighted by molar-refractivity contribution is 0.302. The molecule has 1 aromatic heterocycles. The highest BCUT2D eigenvalue weighted by molar-refractivity contribution is 6.34. The number of fused-ring (bicyclic) bond motifs is 1. The predicted molar refractivity (Wildman–Crippen MR) is 70.1 cm³/mol. The van der Waals surface area contributed by atoms with E-state index in [1.165, 1.54) is 24.8 Å². The fraction of sp³-hybridized carbons (Fsp3) is 0.462. The molecule has 0 aliphatic heterocycles. The molecular weight excluding hydrogens is 234 g/mol. The van der Waals surface area contributed by atoms with Gasteiger partial charge in [-0.3, -0.25) is 5.10 Å². The van der Waals surface area contributed by atoms with Crippen molar-refractivity contribution in [2.45, 2.75) is 37.6 Å². The number of benzene rings is 1. The second-order valence-corrected chi connectivity index (χ2v) is 5.36. The Hall–Kier alpha value is -1.06. The molecule has 0 unspecified atom stereocenters. The third kappa shape index (κ3) is 1.83. The number of hydrogen-bond acceptors (Lipinski definition) is 2. The van der Waals surface area contributed by atoms with Crippen LogP contribution in [-0.2, 0) is 5.54 Å². The van der Waals surface area contributed by atoms with Gasteiger partial charge in [-0.15, -0.1) is 0 Å². The third-order valence-electron chi connectivity index (χ3n) is 3.83. The number of hydrogen-bond donors (Lipinski definition) is 2. The van der Waals surface area contributed by atoms with Crippen LogP contribution in [0, 0.1) is 0 Å². The van der Waals surface area contributed by atoms with Crippen LogP contribution in [0.25, 0.3) is 10.9 Å². The highest BCUT2D eigenvalue weighted by Crippen LogP contribution is 2.36. The normalized spacial score (nSPS) is 19.6. The van der Waals surface area contributed by atoms with Gasteiger partial charge in [0, 0.05) is 10.9 Å². The van der Waals surface area contributed by atoms with Crippen LogP contribution in [0.15, 0.2) is 18.2 Å². The van der Waals surface area contributed by atoms with Gasteiger partial charge in [-0.05, 0) is 30.5 Å². The third-order valence-corrected chi connectivity index (χ3v) is 4.12. The molecule has 3 N–H and O–H groups in total. The lowest BCUT2D eigenvalue weighted by atomic mass is 9.77. The van der Waals surface area contributed by atoms with E-state index in [1.54, 1.807) is 0 Å². The van der Waals surface area contributed by atoms with Crippen LogP contribution in [0.4, 0.5) is 0 Å². The predicted octanol–water partition coefficient (Wildman–Crippen LogP) is 3.33. The monoisotopic (exact) mass is 249 g/mol. The van der Waals surface area contributed by atoms with Gasteiger partial charge in [-0.2, -0.15) is 5.10 Å². The van der Waals surface area contributed by atoms with Crippen molar-refractivity contribution >= 4 is 22.5 Å². The molecular formula is C13H16ClN3. The van der Waals surface area contributed by atoms with Crippen molar-refractivity contribution in [3.05, 3.63) is 28.9 Å². The van der Waals surface area contributed by atoms with Gasteiger partial charge in [-0.25, -0.2) is 0 Å². The Bertz CT molecular complexity index is 541. The molecule has 0 bridgehead atoms. The number of nitrogens with one attached hydrogen (secondary N) is 1. The highest BCUT2D eigenvalue weighted by Gasteiger charge is 2.29. The van der Waals surface area contributed by atoms with Gasteiger partial charge in [-0.1, -0.05) is 36.9 Å². The minimum Gasteiger partial charge on any atom is -0.321 e. The van der Waals surface area contributed by atoms with Crippen molar-refractivity contribution in [2.75, 3.05) is 0 Å². The Labute approximate surface area is 105 Å². The molecule has 0 atom stereocenters. The lowest BCUT2D eigenvalue weighted by Crippen LogP contribution is -2.38. The van der Waals surface area contributed by atoms with Crippen molar-refractivity contribution in [1.82, 2.24) is 10.2 Å². The largest absolute Gasteiger partial charge is 0.321 e. The van der Waals surface area contributed by atoms with Gasteiger partial charge < -0.3 is 5.73 Å². The average molecular weight is 250 g/mol. The van der Waals surface area contributed by atoms with Crippen LogP contribution < -0.4 is 5.73 Å². The molecule has 1 heterocycles. The summed E-state index contributed by atoms with van der Waals surface area (Å²) in [5, 5.41) is 8.55. The van der Waals surface area contributed by atoms with Gasteiger partial charge in [0.15, 0.2) is 0 Å². The number of H-pyrrole nitrogens is 1. The van der Waals surface area contributed by atoms with E-state index in [0.717, 1.165) is 23.7 Å². The molecule has 1 saturated carbocycles. The highest BCUT2D eigenvalue weighted by atomic mass is 35.5. The molecule has 0 saturated heterocycles. The summed E-state index contributed by atoms with van der Waals surface area (Å²) >= 11 is 6.00. The first-order valence-corrected chi connectivity index (χ1v) is 6.50. The van der Waals surface area contributed by atoms with Gasteiger partial charge in [0.25, 0.3) is 0 Å². The molecule has 1 fully saturated rings. The first-order valence-electron chi connectivity index (χ1n) is 6.12. The summed E-state index contributed by atoms with van der Waals surface area (Å²) in [6.07, 6.45) is 5.87. The van der Waals surface area contributed by atoms with Crippen molar-refractivity contribution in [1.29, 1.82) is 0 Å². The van der Waals surface area contributed by atoms with E-state index in [2.05, 4.69) is 22.3 Å². The molecule has 1 aromatic carbocycles. The summed E-state index contributed by atoms with van der Waals surface area (Å²) < 4.78 is 0. The smallest absolute Gasteiger partial charge is 0.132 e. The minimum atomic E-state index is -0.169. The van der Waals surface area contributed by atoms with Crippen LogP contribution in [0.5, 0.6) is 0 Å². The van der Waals surface area contributed by atoms with Crippen LogP contribution in [0.3, 0.4) is 0 Å². The first-order chi connectivity index (χ1) is 8.19. The van der Waals surface area contributed by atoms with E-state index in [-0.39, 0.29) is 5.54 Å². The maximum atomic E-state index is 6.51. The van der Waals surface area contributed by atoms with Crippen LogP contribution in [0.1, 0.15) is 37.7 Å². The zero-order valence-electron chi connectivity index (χ0n) is 9.67. The maximum Gasteiger partial charge on any atom is 0.132 e. The molecule has 4 heteroatoms. The van der Waals surface area contributed by atoms with Crippen LogP contribution in [0.2, 0.25) is 5.15 Å². The van der Waals surface area contributed by atoms with E-state index < -0.39 is 0 Å². The number of nitrogens with two attached hydrogens (primary N) is 1. The zero-order chi connectivity index (χ0) is 11.9. The molecule has 3 nitrogen and oxygen atoms in total. The number of aromatic amines is 1. The van der Waals surface area contributed by atoms with Crippen LogP contribution >= 0.6 is 11.6 Å². The molecule has 90 valence electrons. The van der Waals surface area contributed by atoms with E-state index in [4.69, 9.17) is 17.3 Å². The number of rotatable bonds is 1. The van der Waals surface area contributed by atoms with Gasteiger partial charge >= 0.3 is 0 Å². The standard InChI is InChI=1S/C13H16ClN3/c14-12-10-5-4-9(8-11(10)16-17-12)13(15)6-2-1-3-7-13/h4-5,8H,1-3,6-7,15H2,(H,16,17). The molecule has 2 aromatic rings. The first kappa shape index (κ1) is 11.1. The average Bonchev–Trinajstić information content (AvgIpc) is 2.72. The molecule has 0 radical (unpaired) electrons. The summed E-state index contributed by atoms with van der Waals surface area (Å²) in [5.41, 5.74) is 8.43. The molecule has 0 spiro atoms. The Morgan fingerprint density at radius 1 is 1.24 bits per heavy atom. The van der Waals surface area contributed by atoms with Crippen LogP contribution in [-0.4, -0.2) is 10.2 Å². The molecule has 17 heavy (non-hydrogen) atoms. The van der Waals surface area contributed by atoms with E-state index >= 15 is 0 Å². The Morgan fingerprint density at radius 2 is 2.00 bits per heavy atom. The molecule has 0 amide bonds. The zero-order valence-corrected chi connectivity index (χ0v) is 10.4. The van der Waals surface area contributed by atoms with Crippen molar-refractivity contribution in [3.8, 4) is 0 Å². The molecule has 3 rings (SSSR count). The summed E-state index contributed by atoms with van der Waals surface area (Å²) in [6.45, 7) is 0. The van der Waals surface area contributed by atoms with E-state index in [1.807, 2.05) is 6.07 Å². The number of halogens is 1. The fourth-order valence-electron chi connectivity index (χ4n) is 2.76. The summed E-state index contributed by atoms with van der Waals surface area (Å²) in [6, 6.07) is 6.18. The van der Waals surface area contributed by atoms with Crippen molar-refractivity contribution in [3.63, 3.8) is 0 Å². The van der Waals surface area contributed by atoms with Crippen molar-refractivity contribution in [2.24, 2.45) is 5.73 Å². The Balaban J connectivity index is 2.05. The van der Waals surface area contributed by atoms with Gasteiger partial charge in [0.1, 0.15) is 5.15 Å². The fourth-order valence-corrected chi connectivity index (χ4v) is 2.96. The van der Waals surface area contributed by atoms with E-state index in [0.29, 0.717) is 5.15 Å². The second-order valence-electron chi connectivity index (χ2n) is 4.99. The SMILES string of the molecule is NC1(c2ccc3c(Cl)[nH]nc3c2)CCCCC1. The topological polar surface area (TPSA) is 54.7 Å². The number of aromatic nitrogens is 2. The summed E-state index contributed by atoms with van der Waals surface area (Å²) in [4.78, 5) is 0. The van der Waals surface area contributed by atoms with E-state index in [9.17, 15) is 0 Å². The lowest BCUT2D eigenvalue weighted by Gasteiger charge is -2.33. The Morgan fingerprint density at radius 3 is 2.76 bits per heavy atom. The van der Waals surface area contributed by atoms with Gasteiger partial charge in [0.2, 0.25) is 0 Å². The van der Waals surface area contributed by atoms with Crippen molar-refractivity contribution < 1.29 is 0 Å². The summed E-state index contributed by atoms with van der Waals surface area (Å²) in [7, 11) is 0. The van der Waals surface area contributed by atoms with Gasteiger partial charge in [0.05, 0.1) is 5.52 Å². The number of nitrogens with zero attached hydrogens (tertiary/aromatic N) is 1. The molecule has 1 aliphatic carbocycles. The Kier molecular flexibility index (Phi) is 2.60. The quantitative estimate of drug-likeness (QED) is 0.815. The minimum absolute atomic E-state index is 0.169. The summed E-state index contributed by atoms with van der Waals surface area (Å²) in [5.74, 6) is 0. The molecule has 1 aliphatic rings. The maximum absolute atomic E-state index is 6.51. The second kappa shape index (κ2) is 4.00.